The Morgan fingerprint density at radius 3 is 2.57 bits per heavy atom. The number of aromatic carboxylic acids is 1. The Bertz CT molecular complexity index is 550. The van der Waals surface area contributed by atoms with Crippen LogP contribution in [-0.4, -0.2) is 74.4 Å². The molecule has 1 aliphatic rings. The molecule has 1 aromatic rings. The summed E-state index contributed by atoms with van der Waals surface area (Å²) in [6, 6.07) is 0. The number of aromatic nitrogens is 3. The summed E-state index contributed by atoms with van der Waals surface area (Å²) in [4.78, 5) is 37.6. The van der Waals surface area contributed by atoms with E-state index in [1.54, 1.807) is 4.90 Å². The molecule has 1 fully saturated rings. The van der Waals surface area contributed by atoms with Crippen molar-refractivity contribution >= 4 is 17.8 Å². The number of carboxylic acids is 1. The highest BCUT2D eigenvalue weighted by molar-refractivity contribution is 5.86. The van der Waals surface area contributed by atoms with Crippen molar-refractivity contribution in [1.29, 1.82) is 0 Å². The molecule has 1 aliphatic heterocycles. The lowest BCUT2D eigenvalue weighted by molar-refractivity contribution is -0.139. The van der Waals surface area contributed by atoms with Crippen molar-refractivity contribution in [1.82, 2.24) is 24.8 Å². The van der Waals surface area contributed by atoms with Crippen LogP contribution in [0.15, 0.2) is 6.20 Å². The first-order chi connectivity index (χ1) is 9.97. The molecule has 1 aromatic heterocycles. The number of carboxylic acid groups (broad SMARTS) is 1. The molecule has 0 saturated carbocycles. The zero-order valence-corrected chi connectivity index (χ0v) is 11.7. The molecule has 0 bridgehead atoms. The largest absolute Gasteiger partial charge is 0.476 e. The lowest BCUT2D eigenvalue weighted by Gasteiger charge is -2.21. The molecule has 0 aromatic carbocycles. The van der Waals surface area contributed by atoms with Gasteiger partial charge in [0.15, 0.2) is 5.69 Å². The number of rotatable bonds is 5. The minimum atomic E-state index is -1.20. The van der Waals surface area contributed by atoms with Gasteiger partial charge < -0.3 is 14.9 Å². The van der Waals surface area contributed by atoms with Gasteiger partial charge in [0.1, 0.15) is 6.54 Å². The fraction of sp³-hybridized carbons (Fsp3) is 0.583. The molecule has 0 unspecified atom stereocenters. The van der Waals surface area contributed by atoms with Gasteiger partial charge in [-0.05, 0) is 12.8 Å². The Balaban J connectivity index is 1.86. The van der Waals surface area contributed by atoms with Crippen molar-refractivity contribution in [2.45, 2.75) is 19.4 Å². The van der Waals surface area contributed by atoms with Crippen LogP contribution < -0.4 is 0 Å². The molecule has 1 N–H and O–H groups in total. The van der Waals surface area contributed by atoms with Crippen LogP contribution in [-0.2, 0) is 16.1 Å². The Morgan fingerprint density at radius 2 is 2.00 bits per heavy atom. The molecule has 2 heterocycles. The monoisotopic (exact) mass is 295 g/mol. The van der Waals surface area contributed by atoms with Crippen molar-refractivity contribution in [3.05, 3.63) is 11.9 Å². The summed E-state index contributed by atoms with van der Waals surface area (Å²) < 4.78 is 1.14. The van der Waals surface area contributed by atoms with Crippen LogP contribution >= 0.6 is 0 Å². The highest BCUT2D eigenvalue weighted by Gasteiger charge is 2.21. The maximum Gasteiger partial charge on any atom is 0.358 e. The second-order valence-electron chi connectivity index (χ2n) is 4.94. The van der Waals surface area contributed by atoms with Gasteiger partial charge in [-0.25, -0.2) is 9.48 Å². The second kappa shape index (κ2) is 6.33. The van der Waals surface area contributed by atoms with E-state index in [1.165, 1.54) is 18.1 Å². The van der Waals surface area contributed by atoms with Gasteiger partial charge in [0.25, 0.3) is 0 Å². The van der Waals surface area contributed by atoms with E-state index in [0.717, 1.165) is 30.6 Å². The number of likely N-dealkylation sites (N-methyl/N-ethyl adjacent to an activating group) is 1. The van der Waals surface area contributed by atoms with Crippen molar-refractivity contribution in [3.63, 3.8) is 0 Å². The van der Waals surface area contributed by atoms with E-state index in [1.807, 2.05) is 0 Å². The Kier molecular flexibility index (Phi) is 4.51. The number of nitrogens with zero attached hydrogens (tertiary/aromatic N) is 5. The molecule has 2 rings (SSSR count). The van der Waals surface area contributed by atoms with Gasteiger partial charge in [0, 0.05) is 20.1 Å². The fourth-order valence-corrected chi connectivity index (χ4v) is 2.09. The Hall–Kier alpha value is -2.45. The van der Waals surface area contributed by atoms with Crippen molar-refractivity contribution in [2.75, 3.05) is 26.7 Å². The van der Waals surface area contributed by atoms with Gasteiger partial charge in [-0.3, -0.25) is 9.59 Å². The Labute approximate surface area is 121 Å². The van der Waals surface area contributed by atoms with Gasteiger partial charge >= 0.3 is 5.97 Å². The number of likely N-dealkylation sites (tertiary alicyclic amines) is 1. The molecule has 9 nitrogen and oxygen atoms in total. The minimum Gasteiger partial charge on any atom is -0.476 e. The first kappa shape index (κ1) is 14.9. The van der Waals surface area contributed by atoms with E-state index >= 15 is 0 Å². The van der Waals surface area contributed by atoms with Gasteiger partial charge in [0.2, 0.25) is 11.8 Å². The van der Waals surface area contributed by atoms with Gasteiger partial charge in [-0.15, -0.1) is 5.10 Å². The number of hydrogen-bond donors (Lipinski definition) is 1. The summed E-state index contributed by atoms with van der Waals surface area (Å²) in [5.41, 5.74) is -0.224. The third kappa shape index (κ3) is 3.77. The third-order valence-electron chi connectivity index (χ3n) is 3.31. The van der Waals surface area contributed by atoms with Gasteiger partial charge in [0.05, 0.1) is 12.7 Å². The van der Waals surface area contributed by atoms with Crippen LogP contribution in [0, 0.1) is 0 Å². The maximum atomic E-state index is 12.0. The zero-order valence-electron chi connectivity index (χ0n) is 11.7. The molecule has 114 valence electrons. The van der Waals surface area contributed by atoms with E-state index in [4.69, 9.17) is 5.11 Å². The molecule has 9 heteroatoms. The van der Waals surface area contributed by atoms with Crippen LogP contribution in [0.3, 0.4) is 0 Å². The van der Waals surface area contributed by atoms with Gasteiger partial charge in [-0.2, -0.15) is 0 Å². The normalized spacial score (nSPS) is 14.2. The summed E-state index contributed by atoms with van der Waals surface area (Å²) >= 11 is 0. The molecular formula is C12H17N5O4. The first-order valence-corrected chi connectivity index (χ1v) is 6.62. The molecule has 0 radical (unpaired) electrons. The predicted octanol–water partition coefficient (Wildman–Crippen LogP) is -0.943. The van der Waals surface area contributed by atoms with E-state index < -0.39 is 5.97 Å². The number of hydrogen-bond acceptors (Lipinski definition) is 5. The van der Waals surface area contributed by atoms with E-state index in [2.05, 4.69) is 10.3 Å². The van der Waals surface area contributed by atoms with Crippen LogP contribution in [0.25, 0.3) is 0 Å². The summed E-state index contributed by atoms with van der Waals surface area (Å²) in [5, 5.41) is 15.7. The number of amides is 2. The molecule has 0 aliphatic carbocycles. The summed E-state index contributed by atoms with van der Waals surface area (Å²) in [6.07, 6.45) is 3.18. The summed E-state index contributed by atoms with van der Waals surface area (Å²) in [5.74, 6) is -1.61. The topological polar surface area (TPSA) is 109 Å². The standard InChI is InChI=1S/C12H17N5O4/c1-15(7-11(19)16-4-2-3-5-16)10(18)8-17-6-9(12(20)21)13-14-17/h6H,2-5,7-8H2,1H3,(H,20,21). The molecule has 1 saturated heterocycles. The zero-order chi connectivity index (χ0) is 15.4. The lowest BCUT2D eigenvalue weighted by atomic mass is 10.4. The summed E-state index contributed by atoms with van der Waals surface area (Å²) in [7, 11) is 1.53. The van der Waals surface area contributed by atoms with E-state index in [0.29, 0.717) is 0 Å². The van der Waals surface area contributed by atoms with Crippen LogP contribution in [0.1, 0.15) is 23.3 Å². The van der Waals surface area contributed by atoms with Crippen molar-refractivity contribution in [3.8, 4) is 0 Å². The van der Waals surface area contributed by atoms with Gasteiger partial charge in [-0.1, -0.05) is 5.21 Å². The fourth-order valence-electron chi connectivity index (χ4n) is 2.09. The smallest absolute Gasteiger partial charge is 0.358 e. The second-order valence-corrected chi connectivity index (χ2v) is 4.94. The molecular weight excluding hydrogens is 278 g/mol. The average molecular weight is 295 g/mol. The molecule has 21 heavy (non-hydrogen) atoms. The Morgan fingerprint density at radius 1 is 1.33 bits per heavy atom. The highest BCUT2D eigenvalue weighted by Crippen LogP contribution is 2.07. The molecule has 2 amide bonds. The summed E-state index contributed by atoms with van der Waals surface area (Å²) in [6.45, 7) is 1.35. The third-order valence-corrected chi connectivity index (χ3v) is 3.31. The molecule has 0 atom stereocenters. The van der Waals surface area contributed by atoms with Crippen LogP contribution in [0.5, 0.6) is 0 Å². The van der Waals surface area contributed by atoms with Crippen LogP contribution in [0.4, 0.5) is 0 Å². The SMILES string of the molecule is CN(CC(=O)N1CCCC1)C(=O)Cn1cc(C(=O)O)nn1. The van der Waals surface area contributed by atoms with E-state index in [-0.39, 0.29) is 30.6 Å². The first-order valence-electron chi connectivity index (χ1n) is 6.62. The van der Waals surface area contributed by atoms with E-state index in [9.17, 15) is 14.4 Å². The predicted molar refractivity (Wildman–Crippen MR) is 70.4 cm³/mol. The number of carbonyl (C=O) groups excluding carboxylic acids is 2. The number of carbonyl (C=O) groups is 3. The average Bonchev–Trinajstić information content (AvgIpc) is 3.09. The van der Waals surface area contributed by atoms with Crippen LogP contribution in [0.2, 0.25) is 0 Å². The van der Waals surface area contributed by atoms with Crippen molar-refractivity contribution < 1.29 is 19.5 Å². The minimum absolute atomic E-state index is 0.0132. The molecule has 0 spiro atoms. The maximum absolute atomic E-state index is 12.0. The quantitative estimate of drug-likeness (QED) is 0.750. The lowest BCUT2D eigenvalue weighted by Crippen LogP contribution is -2.41. The highest BCUT2D eigenvalue weighted by atomic mass is 16.4. The van der Waals surface area contributed by atoms with Crippen molar-refractivity contribution in [2.24, 2.45) is 0 Å².